The van der Waals surface area contributed by atoms with Crippen molar-refractivity contribution in [3.63, 3.8) is 0 Å². The molecule has 0 unspecified atom stereocenters. The van der Waals surface area contributed by atoms with Crippen LogP contribution in [0.15, 0.2) is 85.2 Å². The Morgan fingerprint density at radius 2 is 1.79 bits per heavy atom. The Morgan fingerprint density at radius 1 is 1.06 bits per heavy atom. The second-order valence-corrected chi connectivity index (χ2v) is 9.22. The highest BCUT2D eigenvalue weighted by Gasteiger charge is 2.46. The SMILES string of the molecule is C=C(N)C1(c2ccc(-c3nc4c(cnc5cc(C)nn54)cc3-c3ccccc3)cc2)CC(O)C1. The summed E-state index contributed by atoms with van der Waals surface area (Å²) in [5.41, 5.74) is 13.9. The van der Waals surface area contributed by atoms with Gasteiger partial charge in [0.25, 0.3) is 0 Å². The van der Waals surface area contributed by atoms with Crippen LogP contribution >= 0.6 is 0 Å². The predicted octanol–water partition coefficient (Wildman–Crippen LogP) is 4.78. The van der Waals surface area contributed by atoms with Crippen molar-refractivity contribution in [3.8, 4) is 22.4 Å². The topological polar surface area (TPSA) is 89.3 Å². The van der Waals surface area contributed by atoms with Gasteiger partial charge in [-0.3, -0.25) is 0 Å². The van der Waals surface area contributed by atoms with Crippen molar-refractivity contribution in [1.82, 2.24) is 19.6 Å². The molecule has 0 spiro atoms. The van der Waals surface area contributed by atoms with Gasteiger partial charge in [0.15, 0.2) is 11.3 Å². The van der Waals surface area contributed by atoms with E-state index in [1.54, 1.807) is 4.52 Å². The van der Waals surface area contributed by atoms with Crippen molar-refractivity contribution in [2.24, 2.45) is 5.73 Å². The van der Waals surface area contributed by atoms with Crippen LogP contribution < -0.4 is 5.73 Å². The summed E-state index contributed by atoms with van der Waals surface area (Å²) in [6, 6.07) is 22.7. The number of aliphatic hydroxyl groups is 1. The van der Waals surface area contributed by atoms with Gasteiger partial charge in [-0.25, -0.2) is 9.97 Å². The van der Waals surface area contributed by atoms with E-state index in [0.717, 1.165) is 50.3 Å². The summed E-state index contributed by atoms with van der Waals surface area (Å²) in [7, 11) is 0. The second kappa shape index (κ2) is 7.50. The molecule has 0 saturated heterocycles. The van der Waals surface area contributed by atoms with E-state index in [1.807, 2.05) is 37.4 Å². The van der Waals surface area contributed by atoms with E-state index in [1.165, 1.54) is 0 Å². The predicted molar refractivity (Wildman–Crippen MR) is 134 cm³/mol. The number of nitrogens with two attached hydrogens (primary N) is 1. The van der Waals surface area contributed by atoms with E-state index in [-0.39, 0.29) is 11.5 Å². The first kappa shape index (κ1) is 20.6. The Balaban J connectivity index is 1.55. The molecule has 3 heterocycles. The summed E-state index contributed by atoms with van der Waals surface area (Å²) < 4.78 is 1.81. The van der Waals surface area contributed by atoms with Crippen molar-refractivity contribution < 1.29 is 5.11 Å². The van der Waals surface area contributed by atoms with Gasteiger partial charge in [-0.2, -0.15) is 9.61 Å². The smallest absolute Gasteiger partial charge is 0.165 e. The van der Waals surface area contributed by atoms with Crippen LogP contribution in [0.1, 0.15) is 24.1 Å². The van der Waals surface area contributed by atoms with E-state index in [9.17, 15) is 5.11 Å². The van der Waals surface area contributed by atoms with Crippen LogP contribution in [0.4, 0.5) is 0 Å². The van der Waals surface area contributed by atoms with E-state index in [2.05, 4.69) is 59.1 Å². The van der Waals surface area contributed by atoms with Crippen LogP contribution in [0.25, 0.3) is 39.1 Å². The number of aliphatic hydroxyl groups excluding tert-OH is 1. The lowest BCUT2D eigenvalue weighted by atomic mass is 9.61. The van der Waals surface area contributed by atoms with Crippen LogP contribution in [0.3, 0.4) is 0 Å². The number of aryl methyl sites for hydroxylation is 1. The fraction of sp³-hybridized carbons (Fsp3) is 0.179. The zero-order valence-electron chi connectivity index (χ0n) is 18.9. The van der Waals surface area contributed by atoms with Crippen molar-refractivity contribution in [1.29, 1.82) is 0 Å². The Labute approximate surface area is 197 Å². The van der Waals surface area contributed by atoms with Crippen molar-refractivity contribution in [3.05, 3.63) is 96.5 Å². The zero-order valence-corrected chi connectivity index (χ0v) is 18.9. The summed E-state index contributed by atoms with van der Waals surface area (Å²) in [5, 5.41) is 15.5. The van der Waals surface area contributed by atoms with E-state index in [4.69, 9.17) is 10.7 Å². The third kappa shape index (κ3) is 3.10. The quantitative estimate of drug-likeness (QED) is 0.414. The highest BCUT2D eigenvalue weighted by atomic mass is 16.3. The van der Waals surface area contributed by atoms with Gasteiger partial charge in [-0.1, -0.05) is 61.2 Å². The number of rotatable bonds is 4. The fourth-order valence-electron chi connectivity index (χ4n) is 5.09. The van der Waals surface area contributed by atoms with Crippen LogP contribution in [-0.2, 0) is 5.41 Å². The number of aromatic nitrogens is 4. The maximum Gasteiger partial charge on any atom is 0.165 e. The largest absolute Gasteiger partial charge is 0.402 e. The second-order valence-electron chi connectivity index (χ2n) is 9.22. The molecule has 0 radical (unpaired) electrons. The average molecular weight is 448 g/mol. The van der Waals surface area contributed by atoms with Gasteiger partial charge in [-0.15, -0.1) is 0 Å². The monoisotopic (exact) mass is 447 g/mol. The first-order valence-electron chi connectivity index (χ1n) is 11.4. The summed E-state index contributed by atoms with van der Waals surface area (Å²) in [6.45, 7) is 5.95. The van der Waals surface area contributed by atoms with Gasteiger partial charge < -0.3 is 10.8 Å². The maximum atomic E-state index is 9.96. The number of allylic oxidation sites excluding steroid dienone is 1. The Hall–Kier alpha value is -4.03. The van der Waals surface area contributed by atoms with Crippen LogP contribution in [0.5, 0.6) is 0 Å². The molecule has 168 valence electrons. The van der Waals surface area contributed by atoms with Gasteiger partial charge in [-0.05, 0) is 37.0 Å². The lowest BCUT2D eigenvalue weighted by molar-refractivity contribution is 0.0353. The van der Waals surface area contributed by atoms with Crippen LogP contribution in [-0.4, -0.2) is 30.8 Å². The standard InChI is InChI=1S/C28H25N5O/c1-17-12-25-30-16-21-13-24(19-6-4-3-5-7-19)26(31-27(21)33(25)32-17)20-8-10-22(11-9-20)28(18(2)29)14-23(34)15-28/h3-13,16,23,34H,2,14-15,29H2,1H3. The molecule has 6 nitrogen and oxygen atoms in total. The van der Waals surface area contributed by atoms with Crippen molar-refractivity contribution >= 4 is 16.7 Å². The fourth-order valence-corrected chi connectivity index (χ4v) is 5.09. The van der Waals surface area contributed by atoms with Gasteiger partial charge in [0, 0.05) is 39.9 Å². The molecule has 34 heavy (non-hydrogen) atoms. The molecule has 0 amide bonds. The minimum atomic E-state index is -0.360. The number of pyridine rings is 1. The molecule has 3 N–H and O–H groups in total. The summed E-state index contributed by atoms with van der Waals surface area (Å²) in [4.78, 5) is 9.68. The molecule has 1 aliphatic rings. The first-order valence-corrected chi connectivity index (χ1v) is 11.4. The third-order valence-corrected chi connectivity index (χ3v) is 6.96. The number of nitrogens with zero attached hydrogens (tertiary/aromatic N) is 4. The molecule has 1 saturated carbocycles. The molecule has 0 aliphatic heterocycles. The molecular weight excluding hydrogens is 422 g/mol. The first-order chi connectivity index (χ1) is 16.4. The molecule has 1 aliphatic carbocycles. The van der Waals surface area contributed by atoms with Gasteiger partial charge in [0.1, 0.15) is 0 Å². The zero-order chi connectivity index (χ0) is 23.4. The molecule has 2 aromatic carbocycles. The minimum absolute atomic E-state index is 0.333. The molecule has 6 heteroatoms. The normalized spacial score (nSPS) is 19.9. The average Bonchev–Trinajstić information content (AvgIpc) is 3.22. The van der Waals surface area contributed by atoms with E-state index in [0.29, 0.717) is 18.5 Å². The van der Waals surface area contributed by atoms with Crippen molar-refractivity contribution in [2.75, 3.05) is 0 Å². The van der Waals surface area contributed by atoms with Gasteiger partial charge in [0.2, 0.25) is 0 Å². The van der Waals surface area contributed by atoms with E-state index < -0.39 is 0 Å². The number of hydrogen-bond acceptors (Lipinski definition) is 5. The molecule has 3 aromatic heterocycles. The molecule has 0 bridgehead atoms. The molecular formula is C28H25N5O. The third-order valence-electron chi connectivity index (χ3n) is 6.96. The van der Waals surface area contributed by atoms with Crippen LogP contribution in [0, 0.1) is 6.92 Å². The van der Waals surface area contributed by atoms with E-state index >= 15 is 0 Å². The highest BCUT2D eigenvalue weighted by molar-refractivity contribution is 5.90. The molecule has 1 fully saturated rings. The molecule has 5 aromatic rings. The number of benzene rings is 2. The number of hydrogen-bond donors (Lipinski definition) is 2. The summed E-state index contributed by atoms with van der Waals surface area (Å²) in [5.74, 6) is 0. The Bertz CT molecular complexity index is 1550. The Kier molecular flexibility index (Phi) is 4.54. The maximum absolute atomic E-state index is 9.96. The Morgan fingerprint density at radius 3 is 2.47 bits per heavy atom. The molecule has 0 atom stereocenters. The minimum Gasteiger partial charge on any atom is -0.402 e. The van der Waals surface area contributed by atoms with Gasteiger partial charge >= 0.3 is 0 Å². The summed E-state index contributed by atoms with van der Waals surface area (Å²) in [6.07, 6.45) is 2.74. The summed E-state index contributed by atoms with van der Waals surface area (Å²) >= 11 is 0. The lowest BCUT2D eigenvalue weighted by Gasteiger charge is -2.46. The van der Waals surface area contributed by atoms with Gasteiger partial charge in [0.05, 0.1) is 17.5 Å². The van der Waals surface area contributed by atoms with Crippen LogP contribution in [0.2, 0.25) is 0 Å². The highest BCUT2D eigenvalue weighted by Crippen LogP contribution is 2.47. The van der Waals surface area contributed by atoms with Crippen molar-refractivity contribution in [2.45, 2.75) is 31.3 Å². The lowest BCUT2D eigenvalue weighted by Crippen LogP contribution is -2.47. The molecule has 6 rings (SSSR count). The number of fused-ring (bicyclic) bond motifs is 3.